The van der Waals surface area contributed by atoms with Gasteiger partial charge in [0.05, 0.1) is 10.7 Å². The van der Waals surface area contributed by atoms with Crippen LogP contribution in [-0.2, 0) is 19.1 Å². The molecule has 146 valence electrons. The maximum absolute atomic E-state index is 12.4. The summed E-state index contributed by atoms with van der Waals surface area (Å²) in [5.41, 5.74) is 1.42. The minimum absolute atomic E-state index is 0.169. The van der Waals surface area contributed by atoms with Crippen LogP contribution in [0.5, 0.6) is 11.5 Å². The Hall–Kier alpha value is -2.93. The Labute approximate surface area is 167 Å². The number of para-hydroxylation sites is 3. The Bertz CT molecular complexity index is 929. The molecule has 0 unspecified atom stereocenters. The van der Waals surface area contributed by atoms with Gasteiger partial charge < -0.3 is 19.5 Å². The molecule has 0 atom stereocenters. The highest BCUT2D eigenvalue weighted by atomic mass is 32.2. The van der Waals surface area contributed by atoms with E-state index < -0.39 is 17.7 Å². The molecule has 0 bridgehead atoms. The normalized spacial score (nSPS) is 15.5. The zero-order valence-corrected chi connectivity index (χ0v) is 16.9. The first-order chi connectivity index (χ1) is 13.3. The van der Waals surface area contributed by atoms with E-state index in [1.807, 2.05) is 43.3 Å². The van der Waals surface area contributed by atoms with E-state index in [2.05, 4.69) is 5.32 Å². The van der Waals surface area contributed by atoms with Gasteiger partial charge in [-0.15, -0.1) is 11.8 Å². The Balaban J connectivity index is 1.93. The number of aryl methyl sites for hydroxylation is 1. The predicted molar refractivity (Wildman–Crippen MR) is 108 cm³/mol. The summed E-state index contributed by atoms with van der Waals surface area (Å²) >= 11 is 1.21. The second kappa shape index (κ2) is 7.98. The lowest BCUT2D eigenvalue weighted by Crippen LogP contribution is -2.42. The van der Waals surface area contributed by atoms with Gasteiger partial charge >= 0.3 is 11.9 Å². The molecular formula is C21H21NO5S. The molecule has 1 saturated heterocycles. The maximum Gasteiger partial charge on any atom is 0.351 e. The summed E-state index contributed by atoms with van der Waals surface area (Å²) in [5.74, 6) is -1.46. The number of benzene rings is 2. The number of ether oxygens (including phenoxy) is 3. The van der Waals surface area contributed by atoms with Crippen LogP contribution in [0.15, 0.2) is 59.1 Å². The van der Waals surface area contributed by atoms with Crippen LogP contribution in [0.4, 0.5) is 5.69 Å². The van der Waals surface area contributed by atoms with Gasteiger partial charge in [-0.2, -0.15) is 0 Å². The van der Waals surface area contributed by atoms with E-state index in [0.29, 0.717) is 22.2 Å². The highest BCUT2D eigenvalue weighted by Gasteiger charge is 2.41. The second-order valence-corrected chi connectivity index (χ2v) is 7.39. The van der Waals surface area contributed by atoms with E-state index in [1.165, 1.54) is 25.6 Å². The number of rotatable bonds is 5. The number of anilines is 1. The molecule has 1 aliphatic rings. The van der Waals surface area contributed by atoms with Crippen molar-refractivity contribution < 1.29 is 23.8 Å². The standard InChI is InChI=1S/C21H21NO5S/c1-13-9-5-7-11-15(13)25-16-12-8-6-10-14(16)22-18(28-4)17-19(23)26-21(2,3)27-20(17)24/h5-12,22H,1-4H3. The lowest BCUT2D eigenvalue weighted by Gasteiger charge is -2.30. The molecule has 0 amide bonds. The zero-order valence-electron chi connectivity index (χ0n) is 16.1. The minimum Gasteiger partial charge on any atom is -0.455 e. The first kappa shape index (κ1) is 19.8. The molecule has 0 aliphatic carbocycles. The Morgan fingerprint density at radius 3 is 2.14 bits per heavy atom. The van der Waals surface area contributed by atoms with Gasteiger partial charge in [0.2, 0.25) is 0 Å². The fourth-order valence-electron chi connectivity index (χ4n) is 2.62. The Morgan fingerprint density at radius 2 is 1.54 bits per heavy atom. The zero-order chi connectivity index (χ0) is 20.3. The third-order valence-electron chi connectivity index (χ3n) is 3.97. The van der Waals surface area contributed by atoms with E-state index in [4.69, 9.17) is 14.2 Å². The average molecular weight is 399 g/mol. The molecule has 3 rings (SSSR count). The fraction of sp³-hybridized carbons (Fsp3) is 0.238. The van der Waals surface area contributed by atoms with Gasteiger partial charge in [0, 0.05) is 13.8 Å². The van der Waals surface area contributed by atoms with Crippen molar-refractivity contribution in [1.82, 2.24) is 0 Å². The molecule has 28 heavy (non-hydrogen) atoms. The quantitative estimate of drug-likeness (QED) is 0.447. The molecule has 0 aromatic heterocycles. The number of cyclic esters (lactones) is 2. The molecule has 1 aliphatic heterocycles. The highest BCUT2D eigenvalue weighted by molar-refractivity contribution is 8.02. The lowest BCUT2D eigenvalue weighted by atomic mass is 10.2. The first-order valence-electron chi connectivity index (χ1n) is 8.65. The number of carbonyl (C=O) groups excluding carboxylic acids is 2. The van der Waals surface area contributed by atoms with Crippen molar-refractivity contribution in [3.63, 3.8) is 0 Å². The molecule has 0 radical (unpaired) electrons. The van der Waals surface area contributed by atoms with Crippen molar-refractivity contribution in [2.24, 2.45) is 0 Å². The van der Waals surface area contributed by atoms with Crippen LogP contribution in [0.1, 0.15) is 19.4 Å². The number of thioether (sulfide) groups is 1. The number of esters is 2. The third kappa shape index (κ3) is 4.31. The summed E-state index contributed by atoms with van der Waals surface area (Å²) in [6.45, 7) is 4.98. The molecule has 0 saturated carbocycles. The SMILES string of the molecule is CSC(Nc1ccccc1Oc1ccccc1C)=C1C(=O)OC(C)(C)OC1=O. The summed E-state index contributed by atoms with van der Waals surface area (Å²) in [4.78, 5) is 24.7. The van der Waals surface area contributed by atoms with Crippen LogP contribution in [0.3, 0.4) is 0 Å². The number of hydrogen-bond acceptors (Lipinski definition) is 7. The Morgan fingerprint density at radius 1 is 0.964 bits per heavy atom. The van der Waals surface area contributed by atoms with Gasteiger partial charge in [-0.1, -0.05) is 30.3 Å². The molecule has 1 N–H and O–H groups in total. The summed E-state index contributed by atoms with van der Waals surface area (Å²) in [6.07, 6.45) is 1.75. The van der Waals surface area contributed by atoms with Gasteiger partial charge in [0.25, 0.3) is 5.79 Å². The summed E-state index contributed by atoms with van der Waals surface area (Å²) in [6, 6.07) is 14.9. The first-order valence-corrected chi connectivity index (χ1v) is 9.87. The lowest BCUT2D eigenvalue weighted by molar-refractivity contribution is -0.222. The largest absolute Gasteiger partial charge is 0.455 e. The third-order valence-corrected chi connectivity index (χ3v) is 4.68. The molecule has 1 heterocycles. The van der Waals surface area contributed by atoms with Crippen molar-refractivity contribution in [2.45, 2.75) is 26.6 Å². The predicted octanol–water partition coefficient (Wildman–Crippen LogP) is 4.61. The smallest absolute Gasteiger partial charge is 0.351 e. The number of nitrogens with one attached hydrogen (secondary N) is 1. The van der Waals surface area contributed by atoms with Gasteiger partial charge in [-0.25, -0.2) is 9.59 Å². The van der Waals surface area contributed by atoms with E-state index in [9.17, 15) is 9.59 Å². The van der Waals surface area contributed by atoms with Gasteiger partial charge in [-0.05, 0) is 36.9 Å². The van der Waals surface area contributed by atoms with Crippen LogP contribution in [-0.4, -0.2) is 24.0 Å². The highest BCUT2D eigenvalue weighted by Crippen LogP contribution is 2.35. The summed E-state index contributed by atoms with van der Waals surface area (Å²) < 4.78 is 16.4. The van der Waals surface area contributed by atoms with Crippen molar-refractivity contribution in [3.05, 3.63) is 64.7 Å². The molecule has 6 nitrogen and oxygen atoms in total. The van der Waals surface area contributed by atoms with Gasteiger partial charge in [0.1, 0.15) is 5.75 Å². The Kier molecular flexibility index (Phi) is 5.65. The molecule has 2 aromatic carbocycles. The fourth-order valence-corrected chi connectivity index (χ4v) is 3.21. The van der Waals surface area contributed by atoms with E-state index in [1.54, 1.807) is 18.4 Å². The summed E-state index contributed by atoms with van der Waals surface area (Å²) in [5, 5.41) is 3.44. The number of carbonyl (C=O) groups is 2. The summed E-state index contributed by atoms with van der Waals surface area (Å²) in [7, 11) is 0. The molecular weight excluding hydrogens is 378 g/mol. The molecule has 7 heteroatoms. The van der Waals surface area contributed by atoms with Gasteiger partial charge in [-0.3, -0.25) is 0 Å². The average Bonchev–Trinajstić information content (AvgIpc) is 2.62. The molecule has 2 aromatic rings. The molecule has 1 fully saturated rings. The van der Waals surface area contributed by atoms with E-state index >= 15 is 0 Å². The van der Waals surface area contributed by atoms with Crippen LogP contribution in [0, 0.1) is 6.92 Å². The minimum atomic E-state index is -1.28. The monoisotopic (exact) mass is 399 g/mol. The van der Waals surface area contributed by atoms with Crippen LogP contribution >= 0.6 is 11.8 Å². The van der Waals surface area contributed by atoms with E-state index in [0.717, 1.165) is 5.56 Å². The topological polar surface area (TPSA) is 73.9 Å². The second-order valence-electron chi connectivity index (χ2n) is 6.58. The van der Waals surface area contributed by atoms with Crippen molar-refractivity contribution in [2.75, 3.05) is 11.6 Å². The van der Waals surface area contributed by atoms with Crippen molar-refractivity contribution in [3.8, 4) is 11.5 Å². The molecule has 0 spiro atoms. The van der Waals surface area contributed by atoms with Crippen LogP contribution < -0.4 is 10.1 Å². The van der Waals surface area contributed by atoms with Crippen LogP contribution in [0.25, 0.3) is 0 Å². The van der Waals surface area contributed by atoms with Crippen molar-refractivity contribution in [1.29, 1.82) is 0 Å². The number of hydrogen-bond donors (Lipinski definition) is 1. The van der Waals surface area contributed by atoms with Gasteiger partial charge in [0.15, 0.2) is 11.3 Å². The van der Waals surface area contributed by atoms with Crippen molar-refractivity contribution >= 4 is 29.4 Å². The van der Waals surface area contributed by atoms with E-state index in [-0.39, 0.29) is 5.57 Å². The van der Waals surface area contributed by atoms with Crippen LogP contribution in [0.2, 0.25) is 0 Å². The maximum atomic E-state index is 12.4.